The molecule has 0 unspecified atom stereocenters. The summed E-state index contributed by atoms with van der Waals surface area (Å²) in [7, 11) is 1.60. The summed E-state index contributed by atoms with van der Waals surface area (Å²) in [5, 5.41) is 11.0. The van der Waals surface area contributed by atoms with E-state index in [-0.39, 0.29) is 11.1 Å². The van der Waals surface area contributed by atoms with E-state index in [0.29, 0.717) is 30.5 Å². The van der Waals surface area contributed by atoms with Crippen molar-refractivity contribution in [2.75, 3.05) is 18.6 Å². The number of β-amino-alcohol motifs (C(OH)–C–C–N with tert-alkyl or cyclic N) is 1. The molecule has 30 heavy (non-hydrogen) atoms. The van der Waals surface area contributed by atoms with Gasteiger partial charge in [0.25, 0.3) is 5.56 Å². The molecule has 1 atom stereocenters. The number of methoxy groups -OCH3 is 1. The van der Waals surface area contributed by atoms with Gasteiger partial charge >= 0.3 is 0 Å². The normalized spacial score (nSPS) is 16.1. The number of anilines is 1. The Hall–Kier alpha value is -3.19. The highest BCUT2D eigenvalue weighted by atomic mass is 16.5. The highest BCUT2D eigenvalue weighted by Crippen LogP contribution is 2.33. The van der Waals surface area contributed by atoms with Gasteiger partial charge < -0.3 is 14.7 Å². The zero-order chi connectivity index (χ0) is 21.3. The van der Waals surface area contributed by atoms with Gasteiger partial charge in [0, 0.05) is 36.1 Å². The van der Waals surface area contributed by atoms with Crippen LogP contribution in [0.2, 0.25) is 0 Å². The Morgan fingerprint density at radius 1 is 1.20 bits per heavy atom. The molecule has 4 rings (SSSR count). The predicted molar refractivity (Wildman–Crippen MR) is 116 cm³/mol. The molecular formula is C23H26N4O3. The van der Waals surface area contributed by atoms with E-state index in [1.54, 1.807) is 30.1 Å². The first-order valence-electron chi connectivity index (χ1n) is 10.0. The first-order chi connectivity index (χ1) is 14.4. The van der Waals surface area contributed by atoms with Gasteiger partial charge in [-0.3, -0.25) is 14.3 Å². The van der Waals surface area contributed by atoms with Crippen molar-refractivity contribution in [3.8, 4) is 17.0 Å². The van der Waals surface area contributed by atoms with Gasteiger partial charge in [-0.25, -0.2) is 4.98 Å². The number of aromatic nitrogens is 3. The first-order valence-corrected chi connectivity index (χ1v) is 10.0. The van der Waals surface area contributed by atoms with Crippen LogP contribution in [0.4, 0.5) is 5.95 Å². The van der Waals surface area contributed by atoms with Gasteiger partial charge in [-0.15, -0.1) is 0 Å². The first kappa shape index (κ1) is 20.1. The molecule has 0 bridgehead atoms. The van der Waals surface area contributed by atoms with Crippen molar-refractivity contribution in [1.29, 1.82) is 0 Å². The second-order valence-electron chi connectivity index (χ2n) is 8.13. The number of benzene rings is 1. The minimum absolute atomic E-state index is 0.0943. The molecule has 0 radical (unpaired) electrons. The second-order valence-corrected chi connectivity index (χ2v) is 8.13. The molecule has 156 valence electrons. The number of pyridine rings is 1. The van der Waals surface area contributed by atoms with Crippen molar-refractivity contribution in [3.05, 3.63) is 70.8 Å². The highest BCUT2D eigenvalue weighted by molar-refractivity contribution is 5.60. The molecule has 0 spiro atoms. The van der Waals surface area contributed by atoms with Crippen molar-refractivity contribution in [1.82, 2.24) is 14.5 Å². The molecular weight excluding hydrogens is 380 g/mol. The molecule has 7 nitrogen and oxygen atoms in total. The molecule has 0 aliphatic carbocycles. The summed E-state index contributed by atoms with van der Waals surface area (Å²) in [4.78, 5) is 23.8. The fourth-order valence-corrected chi connectivity index (χ4v) is 3.83. The van der Waals surface area contributed by atoms with Crippen LogP contribution >= 0.6 is 0 Å². The van der Waals surface area contributed by atoms with Crippen LogP contribution in [0.5, 0.6) is 5.75 Å². The van der Waals surface area contributed by atoms with Gasteiger partial charge in [-0.2, -0.15) is 0 Å². The summed E-state index contributed by atoms with van der Waals surface area (Å²) in [6.07, 6.45) is 3.39. The fourth-order valence-electron chi connectivity index (χ4n) is 3.83. The number of nitrogens with zero attached hydrogens (tertiary/aromatic N) is 4. The van der Waals surface area contributed by atoms with Crippen molar-refractivity contribution in [2.24, 2.45) is 0 Å². The number of hydrogen-bond acceptors (Lipinski definition) is 6. The molecule has 2 aromatic heterocycles. The molecule has 0 saturated heterocycles. The Bertz CT molecular complexity index is 1100. The third-order valence-corrected chi connectivity index (χ3v) is 5.72. The summed E-state index contributed by atoms with van der Waals surface area (Å²) in [6.45, 7) is 5.13. The lowest BCUT2D eigenvalue weighted by Gasteiger charge is -2.45. The molecule has 1 aliphatic heterocycles. The average molecular weight is 406 g/mol. The van der Waals surface area contributed by atoms with Crippen LogP contribution in [0, 0.1) is 0 Å². The molecule has 1 aliphatic rings. The molecule has 0 fully saturated rings. The minimum Gasteiger partial charge on any atom is -0.497 e. The molecule has 3 aromatic rings. The predicted octanol–water partition coefficient (Wildman–Crippen LogP) is 3.04. The molecule has 1 N–H and O–H groups in total. The van der Waals surface area contributed by atoms with E-state index in [4.69, 9.17) is 9.72 Å². The molecule has 0 amide bonds. The van der Waals surface area contributed by atoms with Gasteiger partial charge in [0.2, 0.25) is 5.95 Å². The highest BCUT2D eigenvalue weighted by Gasteiger charge is 2.36. The topological polar surface area (TPSA) is 80.5 Å². The Morgan fingerprint density at radius 2 is 1.97 bits per heavy atom. The third kappa shape index (κ3) is 3.80. The van der Waals surface area contributed by atoms with Crippen LogP contribution in [-0.4, -0.2) is 38.8 Å². The van der Waals surface area contributed by atoms with Crippen LogP contribution in [0.3, 0.4) is 0 Å². The largest absolute Gasteiger partial charge is 0.497 e. The number of ether oxygens (including phenoxy) is 1. The SMILES string of the molecule is COc1cccc([C@@H](O)CN2c3nc(-c4ccncc4)cc(=O)n3CCC2(C)C)c1. The maximum absolute atomic E-state index is 12.9. The van der Waals surface area contributed by atoms with E-state index < -0.39 is 6.10 Å². The number of hydrogen-bond donors (Lipinski definition) is 1. The van der Waals surface area contributed by atoms with Gasteiger partial charge in [0.1, 0.15) is 5.75 Å². The number of aliphatic hydroxyl groups excluding tert-OH is 1. The van der Waals surface area contributed by atoms with Gasteiger partial charge in [0.05, 0.1) is 25.5 Å². The van der Waals surface area contributed by atoms with Crippen LogP contribution in [-0.2, 0) is 6.54 Å². The van der Waals surface area contributed by atoms with E-state index in [1.165, 1.54) is 0 Å². The maximum atomic E-state index is 12.9. The van der Waals surface area contributed by atoms with Crippen molar-refractivity contribution < 1.29 is 9.84 Å². The molecule has 0 saturated carbocycles. The molecule has 3 heterocycles. The Morgan fingerprint density at radius 3 is 2.70 bits per heavy atom. The molecule has 7 heteroatoms. The van der Waals surface area contributed by atoms with Crippen molar-refractivity contribution >= 4 is 5.95 Å². The van der Waals surface area contributed by atoms with Gasteiger partial charge in [0.15, 0.2) is 0 Å². The smallest absolute Gasteiger partial charge is 0.255 e. The monoisotopic (exact) mass is 406 g/mol. The quantitative estimate of drug-likeness (QED) is 0.702. The van der Waals surface area contributed by atoms with Crippen LogP contribution in [0.1, 0.15) is 31.9 Å². The Kier molecular flexibility index (Phi) is 5.30. The zero-order valence-electron chi connectivity index (χ0n) is 17.4. The van der Waals surface area contributed by atoms with Crippen molar-refractivity contribution in [3.63, 3.8) is 0 Å². The summed E-state index contributed by atoms with van der Waals surface area (Å²) >= 11 is 0. The number of aliphatic hydroxyl groups is 1. The lowest BCUT2D eigenvalue weighted by atomic mass is 9.95. The average Bonchev–Trinajstić information content (AvgIpc) is 2.76. The lowest BCUT2D eigenvalue weighted by Crippen LogP contribution is -2.53. The van der Waals surface area contributed by atoms with E-state index >= 15 is 0 Å². The standard InChI is InChI=1S/C23H26N4O3/c1-23(2)9-12-26-21(29)14-19(16-7-10-24-11-8-16)25-22(26)27(23)15-20(28)17-5-4-6-18(13-17)30-3/h4-8,10-11,13-14,20,28H,9,12,15H2,1-3H3/t20-/m0/s1. The maximum Gasteiger partial charge on any atom is 0.255 e. The van der Waals surface area contributed by atoms with E-state index in [1.807, 2.05) is 41.3 Å². The Labute approximate surface area is 175 Å². The summed E-state index contributed by atoms with van der Waals surface area (Å²) in [5.74, 6) is 1.27. The summed E-state index contributed by atoms with van der Waals surface area (Å²) in [6, 6.07) is 12.6. The van der Waals surface area contributed by atoms with Crippen molar-refractivity contribution in [2.45, 2.75) is 38.5 Å². The van der Waals surface area contributed by atoms with Gasteiger partial charge in [-0.05, 0) is 50.1 Å². The lowest BCUT2D eigenvalue weighted by molar-refractivity contribution is 0.168. The molecule has 1 aromatic carbocycles. The number of fused-ring (bicyclic) bond motifs is 1. The summed E-state index contributed by atoms with van der Waals surface area (Å²) < 4.78 is 6.97. The zero-order valence-corrected chi connectivity index (χ0v) is 17.4. The third-order valence-electron chi connectivity index (χ3n) is 5.72. The minimum atomic E-state index is -0.757. The fraction of sp³-hybridized carbons (Fsp3) is 0.348. The second kappa shape index (κ2) is 7.91. The van der Waals surface area contributed by atoms with Crippen LogP contribution < -0.4 is 15.2 Å². The Balaban J connectivity index is 1.74. The summed E-state index contributed by atoms with van der Waals surface area (Å²) in [5.41, 5.74) is 1.84. The van der Waals surface area contributed by atoms with E-state index in [0.717, 1.165) is 17.5 Å². The van der Waals surface area contributed by atoms with Gasteiger partial charge in [-0.1, -0.05) is 12.1 Å². The van der Waals surface area contributed by atoms with E-state index in [9.17, 15) is 9.90 Å². The number of rotatable bonds is 5. The van der Waals surface area contributed by atoms with Crippen LogP contribution in [0.25, 0.3) is 11.3 Å². The van der Waals surface area contributed by atoms with E-state index in [2.05, 4.69) is 18.8 Å². The van der Waals surface area contributed by atoms with Crippen LogP contribution in [0.15, 0.2) is 59.7 Å².